The minimum atomic E-state index is -1.88. The molecule has 0 unspecified atom stereocenters. The monoisotopic (exact) mass is 401 g/mol. The molecule has 0 spiro atoms. The molecule has 3 atom stereocenters. The summed E-state index contributed by atoms with van der Waals surface area (Å²) in [6.07, 6.45) is -1.83. The van der Waals surface area contributed by atoms with Gasteiger partial charge in [-0.15, -0.1) is 0 Å². The van der Waals surface area contributed by atoms with Crippen LogP contribution in [0, 0.1) is 5.92 Å². The maximum atomic E-state index is 12.8. The van der Waals surface area contributed by atoms with Gasteiger partial charge < -0.3 is 21.3 Å². The van der Waals surface area contributed by atoms with Crippen LogP contribution in [0.15, 0.2) is 54.6 Å². The highest BCUT2D eigenvalue weighted by Gasteiger charge is 2.34. The summed E-state index contributed by atoms with van der Waals surface area (Å²) in [7, 11) is 0. The molecule has 0 heterocycles. The zero-order valence-electron chi connectivity index (χ0n) is 15.5. The lowest BCUT2D eigenvalue weighted by atomic mass is 9.92. The number of phenols is 1. The van der Waals surface area contributed by atoms with Gasteiger partial charge in [0.15, 0.2) is 0 Å². The molecular weight excluding hydrogens is 378 g/mol. The van der Waals surface area contributed by atoms with Crippen LogP contribution in [0.25, 0.3) is 0 Å². The number of aliphatic hydroxyl groups excluding tert-OH is 1. The average molecular weight is 401 g/mol. The molecule has 0 bridgehead atoms. The van der Waals surface area contributed by atoms with Gasteiger partial charge in [0.1, 0.15) is 17.9 Å². The van der Waals surface area contributed by atoms with Crippen molar-refractivity contribution in [1.29, 1.82) is 0 Å². The van der Waals surface area contributed by atoms with Crippen LogP contribution in [0.4, 0.5) is 0 Å². The first kappa shape index (κ1) is 21.9. The smallest absolute Gasteiger partial charge is 0.272 e. The van der Waals surface area contributed by atoms with Gasteiger partial charge in [0.2, 0.25) is 11.8 Å². The quantitative estimate of drug-likeness (QED) is 0.248. The number of aliphatic hydroxyl groups is 1. The lowest BCUT2D eigenvalue weighted by molar-refractivity contribution is -0.146. The van der Waals surface area contributed by atoms with Crippen LogP contribution in [0.3, 0.4) is 0 Å². The number of nitrogens with two attached hydrogens (primary N) is 1. The van der Waals surface area contributed by atoms with E-state index in [1.807, 2.05) is 0 Å². The van der Waals surface area contributed by atoms with Crippen molar-refractivity contribution in [2.24, 2.45) is 11.7 Å². The van der Waals surface area contributed by atoms with Crippen LogP contribution in [0.1, 0.15) is 11.1 Å². The summed E-state index contributed by atoms with van der Waals surface area (Å²) in [5.74, 6) is -4.02. The Morgan fingerprint density at radius 3 is 2.03 bits per heavy atom. The number of rotatable bonds is 9. The predicted molar refractivity (Wildman–Crippen MR) is 103 cm³/mol. The van der Waals surface area contributed by atoms with Gasteiger partial charge in [-0.05, 0) is 29.7 Å². The second-order valence-corrected chi connectivity index (χ2v) is 6.55. The van der Waals surface area contributed by atoms with Crippen molar-refractivity contribution in [3.63, 3.8) is 0 Å². The number of hydrogen-bond donors (Lipinski definition) is 6. The van der Waals surface area contributed by atoms with E-state index in [-0.39, 0.29) is 18.6 Å². The van der Waals surface area contributed by atoms with Crippen molar-refractivity contribution < 1.29 is 29.8 Å². The molecule has 0 aliphatic heterocycles. The van der Waals surface area contributed by atoms with E-state index in [0.29, 0.717) is 5.56 Å². The van der Waals surface area contributed by atoms with Crippen molar-refractivity contribution in [3.8, 4) is 5.75 Å². The summed E-state index contributed by atoms with van der Waals surface area (Å²) in [5, 5.41) is 30.9. The largest absolute Gasteiger partial charge is 0.508 e. The fourth-order valence-corrected chi connectivity index (χ4v) is 2.83. The first-order valence-corrected chi connectivity index (χ1v) is 8.85. The molecule has 0 radical (unpaired) electrons. The Hall–Kier alpha value is -3.43. The summed E-state index contributed by atoms with van der Waals surface area (Å²) in [5.41, 5.74) is 8.02. The molecule has 0 fully saturated rings. The zero-order chi connectivity index (χ0) is 21.4. The molecule has 7 N–H and O–H groups in total. The molecule has 0 aliphatic carbocycles. The fourth-order valence-electron chi connectivity index (χ4n) is 2.83. The first-order valence-electron chi connectivity index (χ1n) is 8.85. The fraction of sp³-hybridized carbons (Fsp3) is 0.250. The van der Waals surface area contributed by atoms with Gasteiger partial charge in [-0.3, -0.25) is 19.6 Å². The van der Waals surface area contributed by atoms with Gasteiger partial charge in [-0.2, -0.15) is 0 Å². The van der Waals surface area contributed by atoms with E-state index in [1.54, 1.807) is 30.3 Å². The van der Waals surface area contributed by atoms with Crippen molar-refractivity contribution in [1.82, 2.24) is 10.8 Å². The molecular formula is C20H23N3O6. The third-order valence-electron chi connectivity index (χ3n) is 4.43. The molecule has 0 saturated heterocycles. The number of carbonyl (C=O) groups is 3. The third-order valence-corrected chi connectivity index (χ3v) is 4.43. The molecule has 9 nitrogen and oxygen atoms in total. The number of carbonyl (C=O) groups excluding carboxylic acids is 3. The van der Waals surface area contributed by atoms with E-state index in [9.17, 15) is 24.6 Å². The Balaban J connectivity index is 2.20. The maximum absolute atomic E-state index is 12.8. The molecule has 154 valence electrons. The Morgan fingerprint density at radius 1 is 0.897 bits per heavy atom. The molecule has 0 aromatic heterocycles. The van der Waals surface area contributed by atoms with Crippen molar-refractivity contribution >= 4 is 17.7 Å². The van der Waals surface area contributed by atoms with Crippen LogP contribution < -0.4 is 16.5 Å². The summed E-state index contributed by atoms with van der Waals surface area (Å²) in [4.78, 5) is 36.3. The van der Waals surface area contributed by atoms with E-state index >= 15 is 0 Å². The topological polar surface area (TPSA) is 162 Å². The summed E-state index contributed by atoms with van der Waals surface area (Å²) in [6, 6.07) is 13.7. The van der Waals surface area contributed by atoms with E-state index in [2.05, 4.69) is 5.32 Å². The van der Waals surface area contributed by atoms with Crippen molar-refractivity contribution in [2.45, 2.75) is 25.0 Å². The van der Waals surface area contributed by atoms with E-state index < -0.39 is 35.8 Å². The number of aromatic hydroxyl groups is 1. The van der Waals surface area contributed by atoms with E-state index in [4.69, 9.17) is 10.9 Å². The van der Waals surface area contributed by atoms with Crippen LogP contribution in [-0.2, 0) is 27.2 Å². The Morgan fingerprint density at radius 2 is 1.48 bits per heavy atom. The molecule has 2 aromatic rings. The highest BCUT2D eigenvalue weighted by atomic mass is 16.5. The Kier molecular flexibility index (Phi) is 7.70. The molecule has 0 aliphatic rings. The van der Waals surface area contributed by atoms with E-state index in [0.717, 1.165) is 5.56 Å². The summed E-state index contributed by atoms with van der Waals surface area (Å²) in [6.45, 7) is 0. The molecule has 29 heavy (non-hydrogen) atoms. The number of amides is 3. The van der Waals surface area contributed by atoms with Gasteiger partial charge in [-0.1, -0.05) is 42.5 Å². The van der Waals surface area contributed by atoms with Gasteiger partial charge in [0.05, 0.1) is 5.92 Å². The second-order valence-electron chi connectivity index (χ2n) is 6.55. The maximum Gasteiger partial charge on any atom is 0.272 e. The Labute approximate surface area is 167 Å². The molecule has 3 amide bonds. The number of benzene rings is 2. The molecule has 9 heteroatoms. The number of primary amides is 1. The zero-order valence-corrected chi connectivity index (χ0v) is 15.5. The van der Waals surface area contributed by atoms with Gasteiger partial charge in [0, 0.05) is 6.42 Å². The highest BCUT2D eigenvalue weighted by Crippen LogP contribution is 2.17. The van der Waals surface area contributed by atoms with Crippen LogP contribution in [0.5, 0.6) is 5.75 Å². The van der Waals surface area contributed by atoms with Crippen LogP contribution >= 0.6 is 0 Å². The predicted octanol–water partition coefficient (Wildman–Crippen LogP) is -0.370. The number of phenolic OH excluding ortho intramolecular Hbond substituents is 1. The average Bonchev–Trinajstić information content (AvgIpc) is 2.72. The molecule has 0 saturated carbocycles. The van der Waals surface area contributed by atoms with Crippen molar-refractivity contribution in [3.05, 3.63) is 65.7 Å². The number of hydroxylamine groups is 1. The minimum Gasteiger partial charge on any atom is -0.508 e. The lowest BCUT2D eigenvalue weighted by Gasteiger charge is -2.24. The van der Waals surface area contributed by atoms with E-state index in [1.165, 1.54) is 29.7 Å². The molecule has 2 aromatic carbocycles. The lowest BCUT2D eigenvalue weighted by Crippen LogP contribution is -2.52. The normalized spacial score (nSPS) is 13.7. The standard InChI is InChI=1S/C20H23N3O6/c21-18(26)16(11-12-4-2-1-3-5-12)22-19(27)15(17(25)20(28)23-29)10-13-6-8-14(24)9-7-13/h1-9,15-17,24-25,29H,10-11H2,(H2,21,26)(H,22,27)(H,23,28)/t15-,16+,17+/m1/s1. The van der Waals surface area contributed by atoms with Crippen LogP contribution in [0.2, 0.25) is 0 Å². The van der Waals surface area contributed by atoms with Gasteiger partial charge in [-0.25, -0.2) is 5.48 Å². The minimum absolute atomic E-state index is 0.0139. The highest BCUT2D eigenvalue weighted by molar-refractivity contribution is 5.92. The van der Waals surface area contributed by atoms with Crippen LogP contribution in [-0.4, -0.2) is 45.3 Å². The number of hydrogen-bond acceptors (Lipinski definition) is 6. The van der Waals surface area contributed by atoms with Gasteiger partial charge >= 0.3 is 0 Å². The Bertz CT molecular complexity index is 841. The summed E-state index contributed by atoms with van der Waals surface area (Å²) >= 11 is 0. The van der Waals surface area contributed by atoms with Gasteiger partial charge in [0.25, 0.3) is 5.91 Å². The number of nitrogens with one attached hydrogen (secondary N) is 2. The SMILES string of the molecule is NC(=O)[C@H](Cc1ccccc1)NC(=O)[C@H](Cc1ccc(O)cc1)[C@H](O)C(=O)NO. The summed E-state index contributed by atoms with van der Waals surface area (Å²) < 4.78 is 0. The molecule has 2 rings (SSSR count). The third kappa shape index (κ3) is 6.30. The van der Waals surface area contributed by atoms with Crippen molar-refractivity contribution in [2.75, 3.05) is 0 Å². The second kappa shape index (κ2) is 10.2. The first-order chi connectivity index (χ1) is 13.8.